The molecule has 0 aliphatic carbocycles. The Labute approximate surface area is 194 Å². The fourth-order valence-corrected chi connectivity index (χ4v) is 3.35. The second-order valence-electron chi connectivity index (χ2n) is 6.68. The zero-order chi connectivity index (χ0) is 22.9. The van der Waals surface area contributed by atoms with Crippen molar-refractivity contribution in [3.63, 3.8) is 0 Å². The van der Waals surface area contributed by atoms with E-state index in [-0.39, 0.29) is 29.6 Å². The molecule has 0 aromatic heterocycles. The number of hydrogen-bond donors (Lipinski definition) is 0. The van der Waals surface area contributed by atoms with Crippen LogP contribution >= 0.6 is 15.9 Å². The Morgan fingerprint density at radius 1 is 1.16 bits per heavy atom. The second kappa shape index (κ2) is 11.3. The van der Waals surface area contributed by atoms with Gasteiger partial charge in [-0.15, -0.1) is 0 Å². The zero-order valence-corrected chi connectivity index (χ0v) is 19.0. The third-order valence-corrected chi connectivity index (χ3v) is 5.21. The maximum Gasteiger partial charge on any atom is 0.349 e. The maximum atomic E-state index is 12.6. The Kier molecular flexibility index (Phi) is 8.25. The number of para-hydroxylation sites is 1. The summed E-state index contributed by atoms with van der Waals surface area (Å²) in [6.07, 6.45) is 1.47. The Balaban J connectivity index is 1.68. The number of hydrogen-bond acceptors (Lipinski definition) is 7. The van der Waals surface area contributed by atoms with Crippen molar-refractivity contribution in [2.75, 3.05) is 40.0 Å². The number of morpholine rings is 1. The van der Waals surface area contributed by atoms with E-state index in [1.54, 1.807) is 35.2 Å². The number of ether oxygens (including phenoxy) is 4. The first-order valence-corrected chi connectivity index (χ1v) is 10.6. The molecule has 0 unspecified atom stereocenters. The Bertz CT molecular complexity index is 1060. The lowest BCUT2D eigenvalue weighted by Gasteiger charge is -2.26. The Morgan fingerprint density at radius 2 is 1.91 bits per heavy atom. The van der Waals surface area contributed by atoms with Gasteiger partial charge in [0.05, 0.1) is 24.8 Å². The summed E-state index contributed by atoms with van der Waals surface area (Å²) >= 11 is 3.35. The van der Waals surface area contributed by atoms with Crippen LogP contribution in [0.4, 0.5) is 0 Å². The molecule has 9 heteroatoms. The number of nitrogens with zero attached hydrogens (tertiary/aromatic N) is 2. The van der Waals surface area contributed by atoms with Gasteiger partial charge in [0.25, 0.3) is 5.91 Å². The molecule has 1 heterocycles. The molecule has 1 amide bonds. The first-order chi connectivity index (χ1) is 15.5. The fraction of sp³-hybridized carbons (Fsp3) is 0.261. The van der Waals surface area contributed by atoms with Crippen LogP contribution < -0.4 is 14.2 Å². The van der Waals surface area contributed by atoms with Crippen molar-refractivity contribution in [3.8, 4) is 23.3 Å². The third kappa shape index (κ3) is 6.09. The smallest absolute Gasteiger partial charge is 0.349 e. The molecule has 0 atom stereocenters. The molecule has 1 aliphatic rings. The number of carbonyl (C=O) groups is 2. The van der Waals surface area contributed by atoms with Gasteiger partial charge in [-0.1, -0.05) is 18.2 Å². The molecule has 0 radical (unpaired) electrons. The minimum atomic E-state index is -0.609. The molecule has 1 fully saturated rings. The minimum Gasteiger partial charge on any atom is -0.493 e. The number of amides is 1. The van der Waals surface area contributed by atoms with E-state index in [9.17, 15) is 14.9 Å². The van der Waals surface area contributed by atoms with Gasteiger partial charge < -0.3 is 23.8 Å². The summed E-state index contributed by atoms with van der Waals surface area (Å²) in [4.78, 5) is 26.4. The number of esters is 1. The Morgan fingerprint density at radius 3 is 2.59 bits per heavy atom. The van der Waals surface area contributed by atoms with Crippen molar-refractivity contribution >= 4 is 33.9 Å². The van der Waals surface area contributed by atoms with Gasteiger partial charge in [-0.05, 0) is 51.8 Å². The monoisotopic (exact) mass is 500 g/mol. The van der Waals surface area contributed by atoms with Crippen LogP contribution in [0, 0.1) is 11.3 Å². The predicted molar refractivity (Wildman–Crippen MR) is 119 cm³/mol. The molecule has 1 saturated heterocycles. The van der Waals surface area contributed by atoms with Crippen molar-refractivity contribution < 1.29 is 28.5 Å². The first-order valence-electron chi connectivity index (χ1n) is 9.76. The first kappa shape index (κ1) is 23.3. The predicted octanol–water partition coefficient (Wildman–Crippen LogP) is 3.21. The van der Waals surface area contributed by atoms with Crippen LogP contribution in [0.25, 0.3) is 6.08 Å². The minimum absolute atomic E-state index is 0.000496. The van der Waals surface area contributed by atoms with Crippen LogP contribution in [-0.4, -0.2) is 56.8 Å². The lowest BCUT2D eigenvalue weighted by atomic mass is 10.1. The molecule has 8 nitrogen and oxygen atoms in total. The normalized spacial score (nSPS) is 13.8. The SMILES string of the molecule is COc1cc(/C=C(\C#N)C(=O)N2CCOCC2)ccc1OC(=O)COc1ccccc1Br. The van der Waals surface area contributed by atoms with Crippen LogP contribution in [0.5, 0.6) is 17.2 Å². The van der Waals surface area contributed by atoms with Crippen molar-refractivity contribution in [3.05, 3.63) is 58.1 Å². The zero-order valence-electron chi connectivity index (χ0n) is 17.4. The topological polar surface area (TPSA) is 98.1 Å². The molecule has 3 rings (SSSR count). The van der Waals surface area contributed by atoms with E-state index < -0.39 is 5.97 Å². The van der Waals surface area contributed by atoms with Gasteiger partial charge >= 0.3 is 5.97 Å². The maximum absolute atomic E-state index is 12.6. The highest BCUT2D eigenvalue weighted by Gasteiger charge is 2.21. The molecule has 1 aliphatic heterocycles. The molecule has 0 saturated carbocycles. The lowest BCUT2D eigenvalue weighted by Crippen LogP contribution is -2.41. The van der Waals surface area contributed by atoms with Gasteiger partial charge in [-0.25, -0.2) is 4.79 Å². The highest BCUT2D eigenvalue weighted by molar-refractivity contribution is 9.10. The molecule has 2 aromatic carbocycles. The van der Waals surface area contributed by atoms with Gasteiger partial charge in [0, 0.05) is 13.1 Å². The fourth-order valence-electron chi connectivity index (χ4n) is 2.95. The van der Waals surface area contributed by atoms with E-state index >= 15 is 0 Å². The van der Waals surface area contributed by atoms with E-state index in [0.717, 1.165) is 4.47 Å². The molecule has 32 heavy (non-hydrogen) atoms. The standard InChI is InChI=1S/C23H21BrN2O6/c1-29-21-13-16(12-17(14-25)23(28)26-8-10-30-11-9-26)6-7-20(21)32-22(27)15-31-19-5-3-2-4-18(19)24/h2-7,12-13H,8-11,15H2,1H3/b17-12+. The van der Waals surface area contributed by atoms with Crippen molar-refractivity contribution in [2.45, 2.75) is 0 Å². The number of carbonyl (C=O) groups excluding carboxylic acids is 2. The number of methoxy groups -OCH3 is 1. The average molecular weight is 501 g/mol. The lowest BCUT2D eigenvalue weighted by molar-refractivity contribution is -0.136. The van der Waals surface area contributed by atoms with E-state index in [0.29, 0.717) is 37.6 Å². The van der Waals surface area contributed by atoms with Crippen molar-refractivity contribution in [1.82, 2.24) is 4.90 Å². The molecule has 0 spiro atoms. The van der Waals surface area contributed by atoms with Crippen LogP contribution in [0.15, 0.2) is 52.5 Å². The summed E-state index contributed by atoms with van der Waals surface area (Å²) in [5, 5.41) is 9.45. The van der Waals surface area contributed by atoms with E-state index in [2.05, 4.69) is 15.9 Å². The largest absolute Gasteiger partial charge is 0.493 e. The summed E-state index contributed by atoms with van der Waals surface area (Å²) in [5.74, 6) is 0.0374. The molecule has 166 valence electrons. The van der Waals surface area contributed by atoms with E-state index in [1.807, 2.05) is 12.1 Å². The highest BCUT2D eigenvalue weighted by atomic mass is 79.9. The van der Waals surface area contributed by atoms with Crippen molar-refractivity contribution in [1.29, 1.82) is 5.26 Å². The van der Waals surface area contributed by atoms with Crippen LogP contribution in [0.2, 0.25) is 0 Å². The van der Waals surface area contributed by atoms with E-state index in [4.69, 9.17) is 18.9 Å². The molecular weight excluding hydrogens is 480 g/mol. The van der Waals surface area contributed by atoms with Gasteiger partial charge in [0.2, 0.25) is 0 Å². The number of rotatable bonds is 7. The van der Waals surface area contributed by atoms with Gasteiger partial charge in [0.1, 0.15) is 17.4 Å². The van der Waals surface area contributed by atoms with Gasteiger partial charge in [0.15, 0.2) is 18.1 Å². The summed E-state index contributed by atoms with van der Waals surface area (Å²) in [6.45, 7) is 1.49. The Hall–Kier alpha value is -3.35. The third-order valence-electron chi connectivity index (χ3n) is 4.55. The molecule has 2 aromatic rings. The average Bonchev–Trinajstić information content (AvgIpc) is 2.83. The quantitative estimate of drug-likeness (QED) is 0.249. The van der Waals surface area contributed by atoms with Crippen LogP contribution in [0.3, 0.4) is 0 Å². The van der Waals surface area contributed by atoms with Crippen LogP contribution in [-0.2, 0) is 14.3 Å². The number of benzene rings is 2. The van der Waals surface area contributed by atoms with Gasteiger partial charge in [-0.3, -0.25) is 4.79 Å². The molecule has 0 N–H and O–H groups in total. The molecule has 0 bridgehead atoms. The highest BCUT2D eigenvalue weighted by Crippen LogP contribution is 2.29. The summed E-state index contributed by atoms with van der Waals surface area (Å²) in [6, 6.07) is 13.9. The number of halogens is 1. The van der Waals surface area contributed by atoms with E-state index in [1.165, 1.54) is 19.3 Å². The van der Waals surface area contributed by atoms with Crippen molar-refractivity contribution in [2.24, 2.45) is 0 Å². The van der Waals surface area contributed by atoms with Gasteiger partial charge in [-0.2, -0.15) is 5.26 Å². The number of nitriles is 1. The summed E-state index contributed by atoms with van der Waals surface area (Å²) < 4.78 is 22.1. The molecular formula is C23H21BrN2O6. The summed E-state index contributed by atoms with van der Waals surface area (Å²) in [7, 11) is 1.43. The second-order valence-corrected chi connectivity index (χ2v) is 7.53. The summed E-state index contributed by atoms with van der Waals surface area (Å²) in [5.41, 5.74) is 0.560. The van der Waals surface area contributed by atoms with Crippen LogP contribution in [0.1, 0.15) is 5.56 Å².